The average Bonchev–Trinajstić information content (AvgIpc) is 3.11. The molecule has 26 heavy (non-hydrogen) atoms. The maximum Gasteiger partial charge on any atom is 0.387 e. The lowest BCUT2D eigenvalue weighted by atomic mass is 10.2. The number of alkyl halides is 2. The van der Waals surface area contributed by atoms with Gasteiger partial charge in [-0.25, -0.2) is 8.42 Å². The minimum Gasteiger partial charge on any atom is -0.433 e. The lowest BCUT2D eigenvalue weighted by molar-refractivity contribution is -0.0519. The summed E-state index contributed by atoms with van der Waals surface area (Å²) >= 11 is 0. The van der Waals surface area contributed by atoms with Crippen molar-refractivity contribution in [3.8, 4) is 5.75 Å². The van der Waals surface area contributed by atoms with Crippen molar-refractivity contribution in [3.63, 3.8) is 0 Å². The Morgan fingerprint density at radius 2 is 2.15 bits per heavy atom. The standard InChI is InChI=1S/C16H19F2N3O4S/c1-2-20-10-12(9-19-20)14-11-21(7-8-24-14)26(22,23)15-6-4-3-5-13(15)25-16(17)18/h3-6,9-10,14,16H,2,7-8,11H2,1H3/t14-/m0/s1. The number of aromatic nitrogens is 2. The zero-order chi connectivity index (χ0) is 18.7. The number of hydrogen-bond donors (Lipinski definition) is 0. The molecule has 0 radical (unpaired) electrons. The van der Waals surface area contributed by atoms with E-state index in [2.05, 4.69) is 9.84 Å². The highest BCUT2D eigenvalue weighted by molar-refractivity contribution is 7.89. The molecular formula is C16H19F2N3O4S. The summed E-state index contributed by atoms with van der Waals surface area (Å²) in [7, 11) is -4.01. The first-order valence-electron chi connectivity index (χ1n) is 8.09. The third kappa shape index (κ3) is 3.87. The third-order valence-corrected chi connectivity index (χ3v) is 5.97. The minimum absolute atomic E-state index is 0.0702. The van der Waals surface area contributed by atoms with Gasteiger partial charge in [0.15, 0.2) is 0 Å². The van der Waals surface area contributed by atoms with Crippen LogP contribution in [0.5, 0.6) is 5.75 Å². The van der Waals surface area contributed by atoms with Crippen LogP contribution in [-0.2, 0) is 21.3 Å². The molecule has 0 aliphatic carbocycles. The van der Waals surface area contributed by atoms with E-state index in [4.69, 9.17) is 4.74 Å². The Kier molecular flexibility index (Phi) is 5.54. The largest absolute Gasteiger partial charge is 0.433 e. The van der Waals surface area contributed by atoms with Crippen molar-refractivity contribution in [2.75, 3.05) is 19.7 Å². The molecule has 1 aliphatic rings. The van der Waals surface area contributed by atoms with Gasteiger partial charge in [-0.1, -0.05) is 12.1 Å². The molecule has 0 spiro atoms. The lowest BCUT2D eigenvalue weighted by Gasteiger charge is -2.32. The van der Waals surface area contributed by atoms with E-state index in [1.165, 1.54) is 28.6 Å². The van der Waals surface area contributed by atoms with Gasteiger partial charge < -0.3 is 9.47 Å². The molecule has 1 aliphatic heterocycles. The highest BCUT2D eigenvalue weighted by Gasteiger charge is 2.34. The Balaban J connectivity index is 1.85. The molecule has 0 unspecified atom stereocenters. The molecule has 0 amide bonds. The molecule has 1 fully saturated rings. The van der Waals surface area contributed by atoms with Crippen LogP contribution in [0.4, 0.5) is 8.78 Å². The maximum absolute atomic E-state index is 13.0. The summed E-state index contributed by atoms with van der Waals surface area (Å²) in [6.07, 6.45) is 2.97. The molecule has 10 heteroatoms. The van der Waals surface area contributed by atoms with E-state index in [-0.39, 0.29) is 30.3 Å². The Labute approximate surface area is 150 Å². The second kappa shape index (κ2) is 7.68. The van der Waals surface area contributed by atoms with Crippen LogP contribution in [0.2, 0.25) is 0 Å². The summed E-state index contributed by atoms with van der Waals surface area (Å²) in [5.41, 5.74) is 0.767. The fourth-order valence-corrected chi connectivity index (χ4v) is 4.31. The summed E-state index contributed by atoms with van der Waals surface area (Å²) in [5, 5.41) is 4.17. The van der Waals surface area contributed by atoms with Crippen LogP contribution < -0.4 is 4.74 Å². The Bertz CT molecular complexity index is 857. The summed E-state index contributed by atoms with van der Waals surface area (Å²) in [6.45, 7) is -0.0880. The van der Waals surface area contributed by atoms with Crippen molar-refractivity contribution in [1.82, 2.24) is 14.1 Å². The van der Waals surface area contributed by atoms with Crippen molar-refractivity contribution in [1.29, 1.82) is 0 Å². The van der Waals surface area contributed by atoms with Crippen molar-refractivity contribution in [3.05, 3.63) is 42.2 Å². The Hall–Kier alpha value is -2.04. The van der Waals surface area contributed by atoms with Gasteiger partial charge in [-0.2, -0.15) is 18.2 Å². The van der Waals surface area contributed by atoms with Crippen molar-refractivity contribution in [2.45, 2.75) is 31.1 Å². The lowest BCUT2D eigenvalue weighted by Crippen LogP contribution is -2.42. The molecule has 0 N–H and O–H groups in total. The number of morpholine rings is 1. The highest BCUT2D eigenvalue weighted by atomic mass is 32.2. The SMILES string of the molecule is CCn1cc([C@@H]2CN(S(=O)(=O)c3ccccc3OC(F)F)CCO2)cn1. The van der Waals surface area contributed by atoms with Crippen LogP contribution >= 0.6 is 0 Å². The summed E-state index contributed by atoms with van der Waals surface area (Å²) < 4.78 is 64.1. The molecule has 1 saturated heterocycles. The van der Waals surface area contributed by atoms with Gasteiger partial charge in [0, 0.05) is 31.4 Å². The van der Waals surface area contributed by atoms with Crippen LogP contribution in [-0.4, -0.2) is 48.8 Å². The van der Waals surface area contributed by atoms with Crippen molar-refractivity contribution in [2.24, 2.45) is 0 Å². The quantitative estimate of drug-likeness (QED) is 0.760. The van der Waals surface area contributed by atoms with E-state index in [1.807, 2.05) is 6.92 Å². The van der Waals surface area contributed by atoms with E-state index in [0.717, 1.165) is 5.56 Å². The first-order valence-corrected chi connectivity index (χ1v) is 9.53. The summed E-state index contributed by atoms with van der Waals surface area (Å²) in [5.74, 6) is -0.371. The fraction of sp³-hybridized carbons (Fsp3) is 0.438. The van der Waals surface area contributed by atoms with Crippen LogP contribution in [0.15, 0.2) is 41.6 Å². The number of halogens is 2. The van der Waals surface area contributed by atoms with Crippen LogP contribution in [0.25, 0.3) is 0 Å². The van der Waals surface area contributed by atoms with E-state index < -0.39 is 22.7 Å². The molecule has 2 heterocycles. The molecule has 0 saturated carbocycles. The second-order valence-corrected chi connectivity index (χ2v) is 7.58. The molecule has 1 aromatic carbocycles. The van der Waals surface area contributed by atoms with Gasteiger partial charge in [-0.05, 0) is 19.1 Å². The van der Waals surface area contributed by atoms with Gasteiger partial charge in [-0.15, -0.1) is 0 Å². The van der Waals surface area contributed by atoms with Gasteiger partial charge in [0.05, 0.1) is 18.9 Å². The predicted molar refractivity (Wildman–Crippen MR) is 88.4 cm³/mol. The van der Waals surface area contributed by atoms with Crippen LogP contribution in [0, 0.1) is 0 Å². The zero-order valence-electron chi connectivity index (χ0n) is 14.1. The minimum atomic E-state index is -4.01. The second-order valence-electron chi connectivity index (χ2n) is 5.68. The number of aryl methyl sites for hydroxylation is 1. The molecule has 7 nitrogen and oxygen atoms in total. The number of hydrogen-bond acceptors (Lipinski definition) is 5. The first-order chi connectivity index (χ1) is 12.4. The molecule has 3 rings (SSSR count). The van der Waals surface area contributed by atoms with Gasteiger partial charge in [0.1, 0.15) is 10.6 Å². The highest BCUT2D eigenvalue weighted by Crippen LogP contribution is 2.31. The van der Waals surface area contributed by atoms with E-state index in [9.17, 15) is 17.2 Å². The molecule has 0 bridgehead atoms. The molecule has 1 atom stereocenters. The predicted octanol–water partition coefficient (Wildman–Crippen LogP) is 2.27. The number of nitrogens with zero attached hydrogens (tertiary/aromatic N) is 3. The molecular weight excluding hydrogens is 368 g/mol. The van der Waals surface area contributed by atoms with Crippen molar-refractivity contribution >= 4 is 10.0 Å². The first kappa shape index (κ1) is 18.7. The number of benzene rings is 1. The normalized spacial score (nSPS) is 19.0. The number of para-hydroxylation sites is 1. The monoisotopic (exact) mass is 387 g/mol. The third-order valence-electron chi connectivity index (χ3n) is 4.06. The summed E-state index contributed by atoms with van der Waals surface area (Å²) in [4.78, 5) is -0.287. The van der Waals surface area contributed by atoms with E-state index in [1.54, 1.807) is 17.1 Å². The smallest absolute Gasteiger partial charge is 0.387 e. The fourth-order valence-electron chi connectivity index (χ4n) is 2.76. The Morgan fingerprint density at radius 3 is 2.85 bits per heavy atom. The number of ether oxygens (including phenoxy) is 2. The van der Waals surface area contributed by atoms with E-state index >= 15 is 0 Å². The summed E-state index contributed by atoms with van der Waals surface area (Å²) in [6, 6.07) is 5.38. The van der Waals surface area contributed by atoms with Gasteiger partial charge in [0.2, 0.25) is 10.0 Å². The van der Waals surface area contributed by atoms with Gasteiger partial charge in [0.25, 0.3) is 0 Å². The number of rotatable bonds is 6. The van der Waals surface area contributed by atoms with Crippen LogP contribution in [0.1, 0.15) is 18.6 Å². The maximum atomic E-state index is 13.0. The van der Waals surface area contributed by atoms with Crippen LogP contribution in [0.3, 0.4) is 0 Å². The van der Waals surface area contributed by atoms with Crippen molar-refractivity contribution < 1.29 is 26.7 Å². The molecule has 2 aromatic rings. The zero-order valence-corrected chi connectivity index (χ0v) is 14.9. The molecule has 1 aromatic heterocycles. The van der Waals surface area contributed by atoms with E-state index in [0.29, 0.717) is 6.54 Å². The average molecular weight is 387 g/mol. The number of sulfonamides is 1. The topological polar surface area (TPSA) is 73.7 Å². The van der Waals surface area contributed by atoms with Gasteiger partial charge in [-0.3, -0.25) is 4.68 Å². The molecule has 142 valence electrons. The van der Waals surface area contributed by atoms with Gasteiger partial charge >= 0.3 is 6.61 Å². The Morgan fingerprint density at radius 1 is 1.38 bits per heavy atom.